The fourth-order valence-corrected chi connectivity index (χ4v) is 4.76. The van der Waals surface area contributed by atoms with Crippen LogP contribution in [0, 0.1) is 6.92 Å². The highest BCUT2D eigenvalue weighted by Crippen LogP contribution is 2.33. The van der Waals surface area contributed by atoms with Gasteiger partial charge in [0.15, 0.2) is 21.6 Å². The monoisotopic (exact) mass is 470 g/mol. The summed E-state index contributed by atoms with van der Waals surface area (Å²) in [5.74, 6) is -2.76. The van der Waals surface area contributed by atoms with Crippen molar-refractivity contribution in [3.63, 3.8) is 0 Å². The fraction of sp³-hybridized carbons (Fsp3) is 0.526. The maximum absolute atomic E-state index is 13.3. The van der Waals surface area contributed by atoms with E-state index in [2.05, 4.69) is 37.1 Å². The number of rotatable bonds is 2. The van der Waals surface area contributed by atoms with Crippen molar-refractivity contribution in [2.45, 2.75) is 51.4 Å². The number of alkyl halides is 3. The molecule has 13 heteroatoms. The third-order valence-electron chi connectivity index (χ3n) is 5.62. The number of nitrogens with zero attached hydrogens (tertiary/aromatic N) is 4. The van der Waals surface area contributed by atoms with Crippen LogP contribution in [0.1, 0.15) is 30.5 Å². The Morgan fingerprint density at radius 3 is 2.59 bits per heavy atom. The number of anilines is 1. The number of pyridine rings is 1. The zero-order valence-corrected chi connectivity index (χ0v) is 18.1. The number of carboxylic acid groups (broad SMARTS) is 1. The number of carboxylic acids is 1. The van der Waals surface area contributed by atoms with Crippen LogP contribution < -0.4 is 15.6 Å². The van der Waals surface area contributed by atoms with Gasteiger partial charge in [0.2, 0.25) is 5.43 Å². The number of halogens is 3. The molecular weight excluding hydrogens is 449 g/mol. The van der Waals surface area contributed by atoms with Gasteiger partial charge < -0.3 is 20.3 Å². The number of hydrogen-bond donors (Lipinski definition) is 3. The van der Waals surface area contributed by atoms with Crippen LogP contribution >= 0.6 is 11.3 Å². The van der Waals surface area contributed by atoms with Crippen molar-refractivity contribution in [3.8, 4) is 0 Å². The van der Waals surface area contributed by atoms with Gasteiger partial charge in [-0.15, -0.1) is 0 Å². The molecule has 1 aliphatic carbocycles. The molecule has 32 heavy (non-hydrogen) atoms. The van der Waals surface area contributed by atoms with Crippen LogP contribution in [-0.4, -0.2) is 62.4 Å². The first-order chi connectivity index (χ1) is 15.1. The molecule has 2 fully saturated rings. The van der Waals surface area contributed by atoms with Gasteiger partial charge in [-0.1, -0.05) is 18.3 Å². The number of nitrogens with one attached hydrogen (secondary N) is 2. The second-order valence-corrected chi connectivity index (χ2v) is 8.80. The van der Waals surface area contributed by atoms with Crippen LogP contribution in [0.15, 0.2) is 4.79 Å². The highest BCUT2D eigenvalue weighted by atomic mass is 32.1. The fourth-order valence-electron chi connectivity index (χ4n) is 4.03. The standard InChI is InChI=1S/C17H20N6OS.C2HF3O2/c1-3-9-13(23-7-6-18-10-4-5-11(10)23)14(24)12-15(20-9)22-17-16(21-12)19-8(2)25-17;3-2(4,5)1(6)7/h10-11,18H,3-7H2,1-2H3,(H,20,22,24);(H,6,7)/t10-,11-;/m0./s1. The lowest BCUT2D eigenvalue weighted by Crippen LogP contribution is -2.64. The first-order valence-electron chi connectivity index (χ1n) is 10.1. The first kappa shape index (κ1) is 22.4. The summed E-state index contributed by atoms with van der Waals surface area (Å²) in [5.41, 5.74) is 3.27. The van der Waals surface area contributed by atoms with E-state index < -0.39 is 12.1 Å². The Kier molecular flexibility index (Phi) is 5.79. The molecular formula is C19H21F3N6O3S. The van der Waals surface area contributed by atoms with Crippen molar-refractivity contribution < 1.29 is 23.1 Å². The van der Waals surface area contributed by atoms with Gasteiger partial charge in [0.05, 0.1) is 5.01 Å². The summed E-state index contributed by atoms with van der Waals surface area (Å²) >= 11 is 1.50. The number of aliphatic carboxylic acids is 1. The lowest BCUT2D eigenvalue weighted by Gasteiger charge is -2.50. The minimum absolute atomic E-state index is 0.0156. The number of aromatic nitrogens is 4. The van der Waals surface area contributed by atoms with Crippen molar-refractivity contribution in [2.24, 2.45) is 0 Å². The van der Waals surface area contributed by atoms with E-state index in [0.29, 0.717) is 28.9 Å². The van der Waals surface area contributed by atoms with E-state index in [9.17, 15) is 18.0 Å². The van der Waals surface area contributed by atoms with Gasteiger partial charge in [-0.3, -0.25) is 4.79 Å². The number of H-pyrrole nitrogens is 1. The molecule has 2 atom stereocenters. The Labute approximate surface area is 183 Å². The molecule has 0 radical (unpaired) electrons. The molecule has 1 aliphatic heterocycles. The predicted molar refractivity (Wildman–Crippen MR) is 113 cm³/mol. The third-order valence-corrected chi connectivity index (χ3v) is 6.47. The number of hydrogen-bond acceptors (Lipinski definition) is 8. The number of aromatic amines is 1. The van der Waals surface area contributed by atoms with Crippen LogP contribution in [0.2, 0.25) is 0 Å². The Morgan fingerprint density at radius 1 is 1.28 bits per heavy atom. The minimum Gasteiger partial charge on any atom is -0.475 e. The molecule has 2 aliphatic rings. The summed E-state index contributed by atoms with van der Waals surface area (Å²) in [7, 11) is 0. The van der Waals surface area contributed by atoms with Crippen molar-refractivity contribution in [1.29, 1.82) is 0 Å². The zero-order valence-electron chi connectivity index (χ0n) is 17.3. The zero-order chi connectivity index (χ0) is 23.2. The molecule has 3 N–H and O–H groups in total. The highest BCUT2D eigenvalue weighted by Gasteiger charge is 2.40. The van der Waals surface area contributed by atoms with Crippen LogP contribution in [0.4, 0.5) is 18.9 Å². The molecule has 0 amide bonds. The van der Waals surface area contributed by atoms with Crippen LogP contribution in [-0.2, 0) is 11.2 Å². The van der Waals surface area contributed by atoms with Crippen LogP contribution in [0.3, 0.4) is 0 Å². The summed E-state index contributed by atoms with van der Waals surface area (Å²) in [5, 5.41) is 11.6. The molecule has 5 rings (SSSR count). The quantitative estimate of drug-likeness (QED) is 0.522. The van der Waals surface area contributed by atoms with Gasteiger partial charge >= 0.3 is 12.1 Å². The van der Waals surface area contributed by atoms with Gasteiger partial charge in [0.1, 0.15) is 5.69 Å². The van der Waals surface area contributed by atoms with Crippen molar-refractivity contribution in [2.75, 3.05) is 18.0 Å². The van der Waals surface area contributed by atoms with E-state index in [-0.39, 0.29) is 5.43 Å². The van der Waals surface area contributed by atoms with E-state index in [1.165, 1.54) is 17.8 Å². The lowest BCUT2D eigenvalue weighted by atomic mass is 9.83. The summed E-state index contributed by atoms with van der Waals surface area (Å²) in [6, 6.07) is 0.916. The van der Waals surface area contributed by atoms with Gasteiger partial charge in [-0.05, 0) is 26.2 Å². The Morgan fingerprint density at radius 2 is 2.00 bits per heavy atom. The number of thiazole rings is 1. The SMILES string of the molecule is CCc1[nH]c2nc3sc(C)nc3nc2c(=O)c1N1CCN[C@H]2CC[C@@H]21.O=C(O)C(F)(F)F. The Hall–Kier alpha value is -2.80. The summed E-state index contributed by atoms with van der Waals surface area (Å²) in [6.45, 7) is 5.77. The smallest absolute Gasteiger partial charge is 0.475 e. The molecule has 0 spiro atoms. The summed E-state index contributed by atoms with van der Waals surface area (Å²) < 4.78 is 31.7. The molecule has 3 aromatic rings. The highest BCUT2D eigenvalue weighted by molar-refractivity contribution is 7.18. The normalized spacial score (nSPS) is 20.5. The van der Waals surface area contributed by atoms with E-state index in [4.69, 9.17) is 9.90 Å². The van der Waals surface area contributed by atoms with Crippen molar-refractivity contribution in [3.05, 3.63) is 20.9 Å². The van der Waals surface area contributed by atoms with Gasteiger partial charge in [-0.25, -0.2) is 19.7 Å². The topological polar surface area (TPSA) is 124 Å². The summed E-state index contributed by atoms with van der Waals surface area (Å²) in [4.78, 5) is 42.2. The molecule has 9 nitrogen and oxygen atoms in total. The molecule has 3 aromatic heterocycles. The number of carbonyl (C=O) groups is 1. The molecule has 1 saturated heterocycles. The Balaban J connectivity index is 0.000000307. The van der Waals surface area contributed by atoms with Gasteiger partial charge in [0, 0.05) is 30.9 Å². The molecule has 0 unspecified atom stereocenters. The molecule has 0 bridgehead atoms. The predicted octanol–water partition coefficient (Wildman–Crippen LogP) is 2.37. The number of piperazine rings is 1. The second kappa shape index (κ2) is 8.28. The van der Waals surface area contributed by atoms with E-state index >= 15 is 0 Å². The molecule has 172 valence electrons. The maximum atomic E-state index is 13.3. The number of aryl methyl sites for hydroxylation is 2. The maximum Gasteiger partial charge on any atom is 0.490 e. The average Bonchev–Trinajstić information content (AvgIpc) is 3.06. The van der Waals surface area contributed by atoms with Gasteiger partial charge in [0.25, 0.3) is 0 Å². The largest absolute Gasteiger partial charge is 0.490 e. The average molecular weight is 470 g/mol. The van der Waals surface area contributed by atoms with E-state index in [1.807, 2.05) is 6.92 Å². The number of fused-ring (bicyclic) bond motifs is 3. The minimum atomic E-state index is -5.08. The van der Waals surface area contributed by atoms with E-state index in [1.54, 1.807) is 0 Å². The second-order valence-electron chi connectivity index (χ2n) is 7.62. The first-order valence-corrected chi connectivity index (χ1v) is 10.9. The van der Waals surface area contributed by atoms with Crippen molar-refractivity contribution >= 4 is 44.6 Å². The van der Waals surface area contributed by atoms with Crippen LogP contribution in [0.5, 0.6) is 0 Å². The molecule has 0 aromatic carbocycles. The van der Waals surface area contributed by atoms with Crippen LogP contribution in [0.25, 0.3) is 21.6 Å². The Bertz CT molecular complexity index is 1240. The molecule has 1 saturated carbocycles. The van der Waals surface area contributed by atoms with Crippen molar-refractivity contribution in [1.82, 2.24) is 25.3 Å². The van der Waals surface area contributed by atoms with E-state index in [0.717, 1.165) is 47.2 Å². The lowest BCUT2D eigenvalue weighted by molar-refractivity contribution is -0.192. The molecule has 4 heterocycles. The summed E-state index contributed by atoms with van der Waals surface area (Å²) in [6.07, 6.45) is -2.00. The third kappa shape index (κ3) is 4.01. The van der Waals surface area contributed by atoms with Gasteiger partial charge in [-0.2, -0.15) is 13.2 Å².